The molecule has 6 rings (SSSR count). The Morgan fingerprint density at radius 1 is 0.865 bits per heavy atom. The van der Waals surface area contributed by atoms with Crippen molar-refractivity contribution in [2.75, 3.05) is 26.4 Å². The first kappa shape index (κ1) is 27.1. The van der Waals surface area contributed by atoms with Gasteiger partial charge in [0.2, 0.25) is 0 Å². The standard InChI is InChI=1S/C11H15N3O4.C8H14O3.C3H3N3O2/c15-14(16)10-7-12-13(8-10)9-1-3-11(4-2-9)17-5-6-18-11;9-7-1-3-8(4-2-7)10-5-6-11-8;7-6(8)3-1-4-5-2-3/h7-9H,1-6H2;7,9H,1-6H2;1-2H,(H,4,5). The molecule has 204 valence electrons. The Morgan fingerprint density at radius 2 is 1.38 bits per heavy atom. The van der Waals surface area contributed by atoms with E-state index in [0.717, 1.165) is 70.8 Å². The average Bonchev–Trinajstić information content (AvgIpc) is 3.71. The molecule has 2 aromatic heterocycles. The van der Waals surface area contributed by atoms with E-state index in [4.69, 9.17) is 18.9 Å². The molecule has 0 bridgehead atoms. The second-order valence-corrected chi connectivity index (χ2v) is 9.33. The number of rotatable bonds is 3. The molecule has 0 unspecified atom stereocenters. The molecule has 2 aromatic rings. The maximum Gasteiger partial charge on any atom is 0.307 e. The van der Waals surface area contributed by atoms with Crippen LogP contribution in [-0.4, -0.2) is 79.0 Å². The molecule has 4 fully saturated rings. The summed E-state index contributed by atoms with van der Waals surface area (Å²) in [6, 6.07) is 0.206. The fourth-order valence-electron chi connectivity index (χ4n) is 4.89. The van der Waals surface area contributed by atoms with Crippen LogP contribution in [0.4, 0.5) is 11.4 Å². The molecular weight excluding hydrogens is 492 g/mol. The highest BCUT2D eigenvalue weighted by atomic mass is 16.7. The van der Waals surface area contributed by atoms with Crippen molar-refractivity contribution in [2.45, 2.75) is 75.1 Å². The lowest BCUT2D eigenvalue weighted by Gasteiger charge is -2.35. The zero-order valence-corrected chi connectivity index (χ0v) is 20.4. The van der Waals surface area contributed by atoms with Gasteiger partial charge in [-0.25, -0.2) is 0 Å². The van der Waals surface area contributed by atoms with Crippen molar-refractivity contribution in [3.05, 3.63) is 45.0 Å². The number of aromatic amines is 1. The molecule has 37 heavy (non-hydrogen) atoms. The number of H-pyrrole nitrogens is 1. The highest BCUT2D eigenvalue weighted by molar-refractivity contribution is 5.21. The molecule has 2 saturated carbocycles. The van der Waals surface area contributed by atoms with Crippen LogP contribution in [0.3, 0.4) is 0 Å². The lowest BCUT2D eigenvalue weighted by Crippen LogP contribution is -2.36. The number of nitrogens with zero attached hydrogens (tertiary/aromatic N) is 5. The van der Waals surface area contributed by atoms with Gasteiger partial charge in [0.05, 0.1) is 54.6 Å². The first-order chi connectivity index (χ1) is 17.8. The molecule has 2 spiro atoms. The number of hydrogen-bond donors (Lipinski definition) is 2. The lowest BCUT2D eigenvalue weighted by atomic mass is 9.90. The fourth-order valence-corrected chi connectivity index (χ4v) is 4.89. The maximum absolute atomic E-state index is 10.6. The molecular formula is C22H32N6O9. The van der Waals surface area contributed by atoms with Crippen molar-refractivity contribution in [1.29, 1.82) is 0 Å². The summed E-state index contributed by atoms with van der Waals surface area (Å²) in [6.07, 6.45) is 11.8. The predicted molar refractivity (Wildman–Crippen MR) is 125 cm³/mol. The van der Waals surface area contributed by atoms with Crippen molar-refractivity contribution >= 4 is 11.4 Å². The molecule has 4 heterocycles. The summed E-state index contributed by atoms with van der Waals surface area (Å²) in [4.78, 5) is 19.5. The van der Waals surface area contributed by atoms with Gasteiger partial charge in [0.15, 0.2) is 11.6 Å². The third-order valence-electron chi connectivity index (χ3n) is 6.93. The fraction of sp³-hybridized carbons (Fsp3) is 0.727. The molecule has 2 aliphatic heterocycles. The summed E-state index contributed by atoms with van der Waals surface area (Å²) < 4.78 is 24.0. The largest absolute Gasteiger partial charge is 0.393 e. The van der Waals surface area contributed by atoms with Crippen LogP contribution >= 0.6 is 0 Å². The Kier molecular flexibility index (Phi) is 8.81. The van der Waals surface area contributed by atoms with E-state index in [2.05, 4.69) is 15.3 Å². The summed E-state index contributed by atoms with van der Waals surface area (Å²) >= 11 is 0. The van der Waals surface area contributed by atoms with E-state index in [1.165, 1.54) is 18.6 Å². The summed E-state index contributed by atoms with van der Waals surface area (Å²) in [5, 5.41) is 39.4. The second-order valence-electron chi connectivity index (χ2n) is 9.33. The van der Waals surface area contributed by atoms with E-state index in [-0.39, 0.29) is 29.3 Å². The summed E-state index contributed by atoms with van der Waals surface area (Å²) in [6.45, 7) is 2.77. The highest BCUT2D eigenvalue weighted by Crippen LogP contribution is 2.40. The van der Waals surface area contributed by atoms with Crippen LogP contribution in [0.25, 0.3) is 0 Å². The smallest absolute Gasteiger partial charge is 0.307 e. The number of aromatic nitrogens is 4. The summed E-state index contributed by atoms with van der Waals surface area (Å²) in [5.74, 6) is -0.700. The summed E-state index contributed by atoms with van der Waals surface area (Å²) in [7, 11) is 0. The van der Waals surface area contributed by atoms with Crippen LogP contribution in [0.1, 0.15) is 57.4 Å². The minimum absolute atomic E-state index is 0.00926. The topological polar surface area (TPSA) is 190 Å². The van der Waals surface area contributed by atoms with E-state index < -0.39 is 15.6 Å². The van der Waals surface area contributed by atoms with E-state index in [9.17, 15) is 25.3 Å². The van der Waals surface area contributed by atoms with Crippen molar-refractivity contribution in [3.63, 3.8) is 0 Å². The van der Waals surface area contributed by atoms with Gasteiger partial charge in [0, 0.05) is 25.7 Å². The van der Waals surface area contributed by atoms with E-state index in [1.54, 1.807) is 4.68 Å². The number of aliphatic hydroxyl groups excluding tert-OH is 1. The van der Waals surface area contributed by atoms with Crippen LogP contribution < -0.4 is 0 Å². The second kappa shape index (κ2) is 12.0. The van der Waals surface area contributed by atoms with Gasteiger partial charge in [-0.3, -0.25) is 30.0 Å². The normalized spacial score (nSPS) is 24.2. The first-order valence-corrected chi connectivity index (χ1v) is 12.4. The monoisotopic (exact) mass is 524 g/mol. The van der Waals surface area contributed by atoms with Crippen molar-refractivity contribution in [3.8, 4) is 0 Å². The Morgan fingerprint density at radius 3 is 1.78 bits per heavy atom. The Bertz CT molecular complexity index is 998. The Hall–Kier alpha value is -2.98. The molecule has 15 nitrogen and oxygen atoms in total. The predicted octanol–water partition coefficient (Wildman–Crippen LogP) is 2.63. The molecule has 2 N–H and O–H groups in total. The van der Waals surface area contributed by atoms with Gasteiger partial charge in [-0.15, -0.1) is 0 Å². The zero-order chi connectivity index (χ0) is 26.3. The SMILES string of the molecule is O=[N+]([O-])c1cn[nH]c1.O=[N+]([O-])c1cnn(C2CCC3(CC2)OCCO3)c1.OC1CCC2(CC1)OCCO2. The third kappa shape index (κ3) is 7.07. The van der Waals surface area contributed by atoms with Gasteiger partial charge >= 0.3 is 11.4 Å². The number of ether oxygens (including phenoxy) is 4. The van der Waals surface area contributed by atoms with Gasteiger partial charge in [-0.05, 0) is 25.7 Å². The van der Waals surface area contributed by atoms with Gasteiger partial charge in [0.1, 0.15) is 18.6 Å². The van der Waals surface area contributed by atoms with Crippen molar-refractivity contribution in [2.24, 2.45) is 0 Å². The van der Waals surface area contributed by atoms with Crippen molar-refractivity contribution in [1.82, 2.24) is 20.0 Å². The first-order valence-electron chi connectivity index (χ1n) is 12.4. The minimum Gasteiger partial charge on any atom is -0.393 e. The van der Waals surface area contributed by atoms with Crippen LogP contribution in [0.5, 0.6) is 0 Å². The molecule has 15 heteroatoms. The minimum atomic E-state index is -0.510. The lowest BCUT2D eigenvalue weighted by molar-refractivity contribution is -0.385. The molecule has 2 aliphatic carbocycles. The quantitative estimate of drug-likeness (QED) is 0.443. The van der Waals surface area contributed by atoms with Gasteiger partial charge in [0.25, 0.3) is 0 Å². The molecule has 2 saturated heterocycles. The molecule has 0 aromatic carbocycles. The molecule has 0 atom stereocenters. The highest BCUT2D eigenvalue weighted by Gasteiger charge is 2.41. The molecule has 4 aliphatic rings. The Labute approximate surface area is 212 Å². The Balaban J connectivity index is 0.000000143. The average molecular weight is 525 g/mol. The number of hydrogen-bond acceptors (Lipinski definition) is 11. The molecule has 0 amide bonds. The van der Waals surface area contributed by atoms with Crippen LogP contribution in [0.2, 0.25) is 0 Å². The van der Waals surface area contributed by atoms with Crippen LogP contribution in [0, 0.1) is 20.2 Å². The van der Waals surface area contributed by atoms with Crippen LogP contribution in [0.15, 0.2) is 24.8 Å². The number of nitro groups is 2. The number of nitrogens with one attached hydrogen (secondary N) is 1. The third-order valence-corrected chi connectivity index (χ3v) is 6.93. The van der Waals surface area contributed by atoms with E-state index in [0.29, 0.717) is 13.2 Å². The van der Waals surface area contributed by atoms with Gasteiger partial charge in [-0.1, -0.05) is 0 Å². The van der Waals surface area contributed by atoms with E-state index in [1.807, 2.05) is 0 Å². The summed E-state index contributed by atoms with van der Waals surface area (Å²) in [5.41, 5.74) is 0.0358. The van der Waals surface area contributed by atoms with E-state index >= 15 is 0 Å². The van der Waals surface area contributed by atoms with Gasteiger partial charge in [-0.2, -0.15) is 10.2 Å². The molecule has 0 radical (unpaired) electrons. The van der Waals surface area contributed by atoms with Crippen molar-refractivity contribution < 1.29 is 33.9 Å². The zero-order valence-electron chi connectivity index (χ0n) is 20.4. The maximum atomic E-state index is 10.6. The van der Waals surface area contributed by atoms with Gasteiger partial charge < -0.3 is 24.1 Å². The number of aliphatic hydroxyl groups is 1. The van der Waals surface area contributed by atoms with Crippen LogP contribution in [-0.2, 0) is 18.9 Å².